The van der Waals surface area contributed by atoms with Crippen molar-refractivity contribution in [3.8, 4) is 0 Å². The zero-order chi connectivity index (χ0) is 14.8. The van der Waals surface area contributed by atoms with Gasteiger partial charge in [-0.1, -0.05) is 0 Å². The fourth-order valence-corrected chi connectivity index (χ4v) is 4.77. The van der Waals surface area contributed by atoms with Crippen LogP contribution < -0.4 is 0 Å². The summed E-state index contributed by atoms with van der Waals surface area (Å²) in [7, 11) is 0. The van der Waals surface area contributed by atoms with Crippen molar-refractivity contribution in [3.05, 3.63) is 22.4 Å². The summed E-state index contributed by atoms with van der Waals surface area (Å²) in [5, 5.41) is 4.46. The standard InChI is InChI=1S/C17H26N2O2S/c1-3-19(9-14-2-8-22-13-14)10-16-15(1)12-21-17(16)11-18-4-6-20-7-5-18/h2,8,13,15-17H,1,3-7,9-12H2/t15-,16-,17+/m0/s1. The van der Waals surface area contributed by atoms with Gasteiger partial charge in [0.1, 0.15) is 0 Å². The molecule has 1 aromatic heterocycles. The van der Waals surface area contributed by atoms with Crippen molar-refractivity contribution in [1.29, 1.82) is 0 Å². The number of likely N-dealkylation sites (tertiary alicyclic amines) is 1. The minimum absolute atomic E-state index is 0.424. The first-order valence-electron chi connectivity index (χ1n) is 8.53. The maximum Gasteiger partial charge on any atom is 0.0745 e. The number of ether oxygens (including phenoxy) is 2. The van der Waals surface area contributed by atoms with Gasteiger partial charge in [0.15, 0.2) is 0 Å². The molecule has 0 spiro atoms. The van der Waals surface area contributed by atoms with E-state index in [-0.39, 0.29) is 0 Å². The molecule has 4 heterocycles. The van der Waals surface area contributed by atoms with E-state index in [1.807, 2.05) is 0 Å². The molecule has 4 rings (SSSR count). The van der Waals surface area contributed by atoms with E-state index in [2.05, 4.69) is 26.6 Å². The predicted octanol–water partition coefficient (Wildman–Crippen LogP) is 1.92. The number of morpholine rings is 1. The summed E-state index contributed by atoms with van der Waals surface area (Å²) in [5.41, 5.74) is 1.46. The number of nitrogens with zero attached hydrogens (tertiary/aromatic N) is 2. The van der Waals surface area contributed by atoms with Gasteiger partial charge in [0.05, 0.1) is 25.9 Å². The van der Waals surface area contributed by atoms with Crippen molar-refractivity contribution in [1.82, 2.24) is 9.80 Å². The lowest BCUT2D eigenvalue weighted by atomic mass is 9.84. The molecule has 0 unspecified atom stereocenters. The van der Waals surface area contributed by atoms with E-state index in [9.17, 15) is 0 Å². The summed E-state index contributed by atoms with van der Waals surface area (Å²) in [6.45, 7) is 9.50. The molecule has 122 valence electrons. The van der Waals surface area contributed by atoms with Gasteiger partial charge >= 0.3 is 0 Å². The van der Waals surface area contributed by atoms with Gasteiger partial charge in [-0.2, -0.15) is 11.3 Å². The van der Waals surface area contributed by atoms with Crippen LogP contribution in [-0.4, -0.2) is 68.4 Å². The second-order valence-corrected chi connectivity index (χ2v) is 7.64. The molecule has 4 nitrogen and oxygen atoms in total. The molecule has 0 aliphatic carbocycles. The van der Waals surface area contributed by atoms with Crippen molar-refractivity contribution in [2.45, 2.75) is 19.1 Å². The second-order valence-electron chi connectivity index (χ2n) is 6.86. The Kier molecular flexibility index (Phi) is 4.78. The first-order valence-corrected chi connectivity index (χ1v) is 9.48. The lowest BCUT2D eigenvalue weighted by molar-refractivity contribution is -0.00493. The Hall–Kier alpha value is -0.460. The van der Waals surface area contributed by atoms with E-state index < -0.39 is 0 Å². The molecule has 3 aliphatic heterocycles. The molecule has 1 aromatic rings. The van der Waals surface area contributed by atoms with Crippen LogP contribution in [0.1, 0.15) is 12.0 Å². The van der Waals surface area contributed by atoms with Gasteiger partial charge in [-0.3, -0.25) is 9.80 Å². The maximum atomic E-state index is 6.18. The number of piperidine rings is 1. The fraction of sp³-hybridized carbons (Fsp3) is 0.765. The number of thiophene rings is 1. The van der Waals surface area contributed by atoms with Crippen molar-refractivity contribution in [2.24, 2.45) is 11.8 Å². The Morgan fingerprint density at radius 2 is 2.09 bits per heavy atom. The average Bonchev–Trinajstić information content (AvgIpc) is 3.19. The van der Waals surface area contributed by atoms with Crippen LogP contribution in [0.2, 0.25) is 0 Å². The lowest BCUT2D eigenvalue weighted by Crippen LogP contribution is -2.47. The van der Waals surface area contributed by atoms with Crippen LogP contribution in [0.25, 0.3) is 0 Å². The van der Waals surface area contributed by atoms with Crippen LogP contribution in [0.3, 0.4) is 0 Å². The van der Waals surface area contributed by atoms with Gasteiger partial charge in [0.25, 0.3) is 0 Å². The highest BCUT2D eigenvalue weighted by molar-refractivity contribution is 7.07. The fourth-order valence-electron chi connectivity index (χ4n) is 4.11. The van der Waals surface area contributed by atoms with Crippen LogP contribution in [0, 0.1) is 11.8 Å². The molecular formula is C17H26N2O2S. The van der Waals surface area contributed by atoms with Crippen molar-refractivity contribution in [3.63, 3.8) is 0 Å². The van der Waals surface area contributed by atoms with Crippen molar-refractivity contribution >= 4 is 11.3 Å². The summed E-state index contributed by atoms with van der Waals surface area (Å²) in [6, 6.07) is 2.26. The monoisotopic (exact) mass is 322 g/mol. The third-order valence-corrected chi connectivity index (χ3v) is 6.15. The third-order valence-electron chi connectivity index (χ3n) is 5.42. The summed E-state index contributed by atoms with van der Waals surface area (Å²) in [6.07, 6.45) is 1.72. The van der Waals surface area contributed by atoms with Crippen molar-refractivity contribution < 1.29 is 9.47 Å². The molecular weight excluding hydrogens is 296 g/mol. The summed E-state index contributed by atoms with van der Waals surface area (Å²) >= 11 is 1.80. The highest BCUT2D eigenvalue weighted by Gasteiger charge is 2.41. The molecule has 3 aliphatic rings. The van der Waals surface area contributed by atoms with E-state index >= 15 is 0 Å². The topological polar surface area (TPSA) is 24.9 Å². The Balaban J connectivity index is 1.34. The largest absolute Gasteiger partial charge is 0.379 e. The predicted molar refractivity (Wildman–Crippen MR) is 88.2 cm³/mol. The van der Waals surface area contributed by atoms with Crippen LogP contribution in [0.5, 0.6) is 0 Å². The van der Waals surface area contributed by atoms with Gasteiger partial charge in [-0.05, 0) is 41.3 Å². The molecule has 0 N–H and O–H groups in total. The Morgan fingerprint density at radius 3 is 2.91 bits per heavy atom. The minimum atomic E-state index is 0.424. The highest BCUT2D eigenvalue weighted by atomic mass is 32.1. The number of hydrogen-bond acceptors (Lipinski definition) is 5. The first kappa shape index (κ1) is 15.1. The summed E-state index contributed by atoms with van der Waals surface area (Å²) in [5.74, 6) is 1.50. The molecule has 0 radical (unpaired) electrons. The highest BCUT2D eigenvalue weighted by Crippen LogP contribution is 2.35. The van der Waals surface area contributed by atoms with E-state index in [1.165, 1.54) is 25.1 Å². The number of rotatable bonds is 4. The van der Waals surface area contributed by atoms with Gasteiger partial charge in [0, 0.05) is 38.6 Å². The minimum Gasteiger partial charge on any atom is -0.379 e. The second kappa shape index (κ2) is 6.97. The zero-order valence-corrected chi connectivity index (χ0v) is 14.0. The molecule has 5 heteroatoms. The molecule has 22 heavy (non-hydrogen) atoms. The molecule has 0 saturated carbocycles. The first-order chi connectivity index (χ1) is 10.9. The average molecular weight is 322 g/mol. The molecule has 0 amide bonds. The molecule has 3 saturated heterocycles. The molecule has 0 aromatic carbocycles. The number of hydrogen-bond donors (Lipinski definition) is 0. The smallest absolute Gasteiger partial charge is 0.0745 e. The zero-order valence-electron chi connectivity index (χ0n) is 13.2. The summed E-state index contributed by atoms with van der Waals surface area (Å²) < 4.78 is 11.6. The van der Waals surface area contributed by atoms with Crippen molar-refractivity contribution in [2.75, 3.05) is 52.5 Å². The van der Waals surface area contributed by atoms with Crippen LogP contribution in [-0.2, 0) is 16.0 Å². The third kappa shape index (κ3) is 3.39. The van der Waals surface area contributed by atoms with Gasteiger partial charge < -0.3 is 9.47 Å². The van der Waals surface area contributed by atoms with Crippen LogP contribution in [0.15, 0.2) is 16.8 Å². The summed E-state index contributed by atoms with van der Waals surface area (Å²) in [4.78, 5) is 5.15. The Labute approximate surface area is 137 Å². The Morgan fingerprint density at radius 1 is 1.18 bits per heavy atom. The van der Waals surface area contributed by atoms with Gasteiger partial charge in [-0.25, -0.2) is 0 Å². The Bertz CT molecular complexity index is 461. The molecule has 3 atom stereocenters. The van der Waals surface area contributed by atoms with E-state index in [0.29, 0.717) is 6.10 Å². The SMILES string of the molecule is c1cc(CN2CC[C@H]3CO[C@H](CN4CCOCC4)[C@H]3C2)cs1. The van der Waals surface area contributed by atoms with Gasteiger partial charge in [0.2, 0.25) is 0 Å². The van der Waals surface area contributed by atoms with Crippen LogP contribution >= 0.6 is 11.3 Å². The van der Waals surface area contributed by atoms with E-state index in [1.54, 1.807) is 11.3 Å². The lowest BCUT2D eigenvalue weighted by Gasteiger charge is -2.37. The van der Waals surface area contributed by atoms with Gasteiger partial charge in [-0.15, -0.1) is 0 Å². The molecule has 3 fully saturated rings. The van der Waals surface area contributed by atoms with Crippen LogP contribution in [0.4, 0.5) is 0 Å². The number of fused-ring (bicyclic) bond motifs is 1. The van der Waals surface area contributed by atoms with E-state index in [4.69, 9.17) is 9.47 Å². The quantitative estimate of drug-likeness (QED) is 0.845. The van der Waals surface area contributed by atoms with E-state index in [0.717, 1.165) is 57.8 Å². The maximum absolute atomic E-state index is 6.18. The normalized spacial score (nSPS) is 33.9. The molecule has 0 bridgehead atoms.